The maximum Gasteiger partial charge on any atom is 0.333 e. The first kappa shape index (κ1) is 32.3. The molecule has 0 saturated heterocycles. The number of hydrogen-bond acceptors (Lipinski definition) is 6. The summed E-state index contributed by atoms with van der Waals surface area (Å²) >= 11 is 9.57. The number of rotatable bonds is 10. The number of nitrogens with two attached hydrogens (primary N) is 1. The van der Waals surface area contributed by atoms with Gasteiger partial charge in [-0.05, 0) is 84.2 Å². The van der Waals surface area contributed by atoms with Gasteiger partial charge < -0.3 is 25.4 Å². The van der Waals surface area contributed by atoms with Crippen LogP contribution < -0.4 is 26.2 Å². The van der Waals surface area contributed by atoms with Crippen LogP contribution in [0.4, 0.5) is 4.39 Å². The van der Waals surface area contributed by atoms with Crippen LogP contribution in [0.3, 0.4) is 0 Å². The van der Waals surface area contributed by atoms with Crippen molar-refractivity contribution >= 4 is 45.3 Å². The molecule has 1 aromatic heterocycles. The first-order valence-electron chi connectivity index (χ1n) is 14.9. The van der Waals surface area contributed by atoms with Gasteiger partial charge in [0.2, 0.25) is 0 Å². The number of nitrogens with zero attached hydrogens (tertiary/aromatic N) is 3. The van der Waals surface area contributed by atoms with Gasteiger partial charge in [-0.3, -0.25) is 23.5 Å². The maximum atomic E-state index is 15.0. The van der Waals surface area contributed by atoms with E-state index in [1.54, 1.807) is 47.4 Å². The number of carbonyl (C=O) groups is 3. The molecule has 11 nitrogen and oxygen atoms in total. The topological polar surface area (TPSA) is 138 Å². The summed E-state index contributed by atoms with van der Waals surface area (Å²) in [4.78, 5) is 54.1. The molecule has 14 heteroatoms. The predicted molar refractivity (Wildman–Crippen MR) is 174 cm³/mol. The van der Waals surface area contributed by atoms with E-state index in [4.69, 9.17) is 26.8 Å². The van der Waals surface area contributed by atoms with Crippen LogP contribution in [-0.2, 0) is 24.4 Å². The fourth-order valence-corrected chi connectivity index (χ4v) is 5.66. The molecule has 1 fully saturated rings. The number of aromatic nitrogens is 2. The van der Waals surface area contributed by atoms with Gasteiger partial charge in [0.15, 0.2) is 6.10 Å². The Morgan fingerprint density at radius 2 is 1.79 bits per heavy atom. The van der Waals surface area contributed by atoms with Crippen molar-refractivity contribution in [2.24, 2.45) is 5.73 Å². The molecule has 1 saturated carbocycles. The van der Waals surface area contributed by atoms with Gasteiger partial charge in [0.1, 0.15) is 23.0 Å². The fourth-order valence-electron chi connectivity index (χ4n) is 5.24. The first-order chi connectivity index (χ1) is 22.5. The molecule has 1 atom stereocenters. The molecule has 3 amide bonds. The zero-order valence-corrected chi connectivity index (χ0v) is 27.5. The summed E-state index contributed by atoms with van der Waals surface area (Å²) < 4.78 is 29.6. The van der Waals surface area contributed by atoms with E-state index >= 15 is 0 Å². The standard InChI is InChI=1S/C33H30BrClFN5O6/c1-18(30(37)42)46-24-6-2-20(27(36)15-24)16-38-31(43)29-28-17-39(32(44)19-3-11-25(34)26(35)14-19)12-13-40(28)33(45)41(29)21-4-7-22(8-5-21)47-23-9-10-23/h2-8,11,14-15,18,23H,9-10,12-13,16-17H2,1H3,(H2,37,42)(H,38,43). The molecule has 0 spiro atoms. The predicted octanol–water partition coefficient (Wildman–Crippen LogP) is 4.57. The van der Waals surface area contributed by atoms with E-state index < -0.39 is 29.4 Å². The van der Waals surface area contributed by atoms with E-state index in [1.807, 2.05) is 0 Å². The van der Waals surface area contributed by atoms with Gasteiger partial charge in [0.25, 0.3) is 17.7 Å². The van der Waals surface area contributed by atoms with Crippen LogP contribution in [-0.4, -0.2) is 50.5 Å². The van der Waals surface area contributed by atoms with Crippen LogP contribution in [0.25, 0.3) is 5.69 Å². The molecule has 6 rings (SSSR count). The second kappa shape index (κ2) is 13.2. The van der Waals surface area contributed by atoms with Gasteiger partial charge in [-0.25, -0.2) is 9.18 Å². The number of carbonyl (C=O) groups excluding carboxylic acids is 3. The van der Waals surface area contributed by atoms with Crippen LogP contribution in [0.2, 0.25) is 5.02 Å². The summed E-state index contributed by atoms with van der Waals surface area (Å²) in [6, 6.07) is 15.7. The van der Waals surface area contributed by atoms with Crippen LogP contribution >= 0.6 is 27.5 Å². The lowest BCUT2D eigenvalue weighted by Gasteiger charge is -2.28. The van der Waals surface area contributed by atoms with Crippen molar-refractivity contribution in [3.8, 4) is 17.2 Å². The van der Waals surface area contributed by atoms with E-state index in [9.17, 15) is 23.6 Å². The lowest BCUT2D eigenvalue weighted by Crippen LogP contribution is -2.41. The molecule has 3 aromatic carbocycles. The van der Waals surface area contributed by atoms with Gasteiger partial charge in [-0.15, -0.1) is 0 Å². The Balaban J connectivity index is 1.31. The number of benzene rings is 3. The molecule has 1 unspecified atom stereocenters. The van der Waals surface area contributed by atoms with Crippen molar-refractivity contribution < 1.29 is 28.2 Å². The normalized spacial score (nSPS) is 14.7. The quantitative estimate of drug-likeness (QED) is 0.246. The van der Waals surface area contributed by atoms with Crippen molar-refractivity contribution in [2.45, 2.75) is 51.6 Å². The number of nitrogens with one attached hydrogen (secondary N) is 1. The van der Waals surface area contributed by atoms with Gasteiger partial charge in [-0.1, -0.05) is 17.7 Å². The Kier molecular flexibility index (Phi) is 9.11. The molecule has 244 valence electrons. The molecule has 3 N–H and O–H groups in total. The fraction of sp³-hybridized carbons (Fsp3) is 0.273. The number of halogens is 3. The number of imidazole rings is 1. The summed E-state index contributed by atoms with van der Waals surface area (Å²) in [6.07, 6.45) is 1.20. The third-order valence-electron chi connectivity index (χ3n) is 7.95. The van der Waals surface area contributed by atoms with Gasteiger partial charge in [-0.2, -0.15) is 0 Å². The van der Waals surface area contributed by atoms with Crippen molar-refractivity contribution in [3.05, 3.63) is 109 Å². The van der Waals surface area contributed by atoms with Gasteiger partial charge >= 0.3 is 5.69 Å². The van der Waals surface area contributed by atoms with Crippen molar-refractivity contribution in [2.75, 3.05) is 6.54 Å². The lowest BCUT2D eigenvalue weighted by molar-refractivity contribution is -0.124. The first-order valence-corrected chi connectivity index (χ1v) is 16.1. The minimum atomic E-state index is -0.959. The Labute approximate surface area is 282 Å². The summed E-state index contributed by atoms with van der Waals surface area (Å²) in [5.74, 6) is -1.57. The Hall–Kier alpha value is -4.62. The summed E-state index contributed by atoms with van der Waals surface area (Å²) in [5.41, 5.74) is 6.06. The SMILES string of the molecule is CC(Oc1ccc(CNC(=O)c2c3n(c(=O)n2-c2ccc(OC4CC4)cc2)CCN(C(=O)c2ccc(Br)c(Cl)c2)C3)c(F)c1)C(N)=O. The molecule has 0 bridgehead atoms. The highest BCUT2D eigenvalue weighted by Gasteiger charge is 2.32. The summed E-state index contributed by atoms with van der Waals surface area (Å²) in [7, 11) is 0. The number of amides is 3. The van der Waals surface area contributed by atoms with Gasteiger partial charge in [0.05, 0.1) is 29.1 Å². The minimum absolute atomic E-state index is 0.0212. The summed E-state index contributed by atoms with van der Waals surface area (Å²) in [5, 5.41) is 3.10. The third-order valence-corrected chi connectivity index (χ3v) is 9.18. The highest BCUT2D eigenvalue weighted by atomic mass is 79.9. The molecule has 4 aromatic rings. The smallest absolute Gasteiger partial charge is 0.333 e. The zero-order valence-electron chi connectivity index (χ0n) is 25.2. The molecule has 1 aliphatic carbocycles. The number of primary amides is 1. The molecule has 2 heterocycles. The van der Waals surface area contributed by atoms with Crippen LogP contribution in [0.1, 0.15) is 51.9 Å². The van der Waals surface area contributed by atoms with Crippen LogP contribution in [0, 0.1) is 5.82 Å². The maximum absolute atomic E-state index is 15.0. The molecule has 1 aliphatic heterocycles. The van der Waals surface area contributed by atoms with E-state index in [0.717, 1.165) is 18.9 Å². The highest BCUT2D eigenvalue weighted by Crippen LogP contribution is 2.29. The van der Waals surface area contributed by atoms with Crippen LogP contribution in [0.15, 0.2) is 69.9 Å². The lowest BCUT2D eigenvalue weighted by atomic mass is 10.1. The Bertz CT molecular complexity index is 1940. The second-order valence-electron chi connectivity index (χ2n) is 11.3. The average molecular weight is 727 g/mol. The number of fused-ring (bicyclic) bond motifs is 1. The average Bonchev–Trinajstić information content (AvgIpc) is 3.82. The van der Waals surface area contributed by atoms with Crippen molar-refractivity contribution in [3.63, 3.8) is 0 Å². The van der Waals surface area contributed by atoms with Crippen LogP contribution in [0.5, 0.6) is 11.5 Å². The molecular weight excluding hydrogens is 697 g/mol. The Morgan fingerprint density at radius 3 is 2.45 bits per heavy atom. The van der Waals surface area contributed by atoms with E-state index in [1.165, 1.54) is 28.2 Å². The highest BCUT2D eigenvalue weighted by molar-refractivity contribution is 9.10. The third kappa shape index (κ3) is 6.91. The second-order valence-corrected chi connectivity index (χ2v) is 12.6. The summed E-state index contributed by atoms with van der Waals surface area (Å²) in [6.45, 7) is 1.58. The molecular formula is C33H30BrClFN5O6. The van der Waals surface area contributed by atoms with Crippen molar-refractivity contribution in [1.82, 2.24) is 19.4 Å². The Morgan fingerprint density at radius 1 is 1.06 bits per heavy atom. The zero-order chi connectivity index (χ0) is 33.4. The number of ether oxygens (including phenoxy) is 2. The van der Waals surface area contributed by atoms with E-state index in [2.05, 4.69) is 21.2 Å². The monoisotopic (exact) mass is 725 g/mol. The molecule has 2 aliphatic rings. The minimum Gasteiger partial charge on any atom is -0.490 e. The molecule has 47 heavy (non-hydrogen) atoms. The molecule has 0 radical (unpaired) electrons. The van der Waals surface area contributed by atoms with E-state index in [-0.39, 0.29) is 55.2 Å². The number of hydrogen-bond donors (Lipinski definition) is 2. The van der Waals surface area contributed by atoms with Gasteiger partial charge in [0, 0.05) is 41.3 Å². The largest absolute Gasteiger partial charge is 0.490 e. The van der Waals surface area contributed by atoms with E-state index in [0.29, 0.717) is 32.2 Å². The van der Waals surface area contributed by atoms with Crippen molar-refractivity contribution in [1.29, 1.82) is 0 Å².